The molecule has 2 amide bonds. The third-order valence-electron chi connectivity index (χ3n) is 7.71. The van der Waals surface area contributed by atoms with E-state index >= 15 is 0 Å². The first kappa shape index (κ1) is 32.6. The fourth-order valence-electron chi connectivity index (χ4n) is 5.26. The highest BCUT2D eigenvalue weighted by atomic mass is 16.4. The third kappa shape index (κ3) is 15.6. The number of unbranched alkanes of at least 4 members (excludes halogenated alkanes) is 18. The molecular weight excluding hydrogens is 452 g/mol. The molecule has 210 valence electrons. The van der Waals surface area contributed by atoms with E-state index in [9.17, 15) is 14.4 Å². The zero-order chi connectivity index (χ0) is 26.4. The van der Waals surface area contributed by atoms with Crippen molar-refractivity contribution in [3.8, 4) is 0 Å². The molecule has 0 bridgehead atoms. The molecule has 1 aliphatic heterocycles. The van der Waals surface area contributed by atoms with Crippen molar-refractivity contribution in [2.24, 2.45) is 11.7 Å². The van der Waals surface area contributed by atoms with Crippen LogP contribution in [-0.2, 0) is 14.4 Å². The van der Waals surface area contributed by atoms with Gasteiger partial charge in [0.05, 0.1) is 0 Å². The van der Waals surface area contributed by atoms with E-state index in [2.05, 4.69) is 6.92 Å². The van der Waals surface area contributed by atoms with E-state index in [1.165, 1.54) is 108 Å². The van der Waals surface area contributed by atoms with Crippen LogP contribution in [0.4, 0.5) is 0 Å². The molecule has 1 fully saturated rings. The number of nitrogens with zero attached hydrogens (tertiary/aromatic N) is 1. The number of likely N-dealkylation sites (tertiary alicyclic amines) is 1. The summed E-state index contributed by atoms with van der Waals surface area (Å²) in [5.41, 5.74) is 5.50. The van der Waals surface area contributed by atoms with Gasteiger partial charge in [-0.3, -0.25) is 19.3 Å². The maximum absolute atomic E-state index is 12.6. The second-order valence-corrected chi connectivity index (χ2v) is 11.0. The molecule has 6 heteroatoms. The number of carbonyl (C=O) groups is 3. The Labute approximate surface area is 221 Å². The van der Waals surface area contributed by atoms with Crippen LogP contribution in [0.25, 0.3) is 0 Å². The lowest BCUT2D eigenvalue weighted by Gasteiger charge is -2.15. The van der Waals surface area contributed by atoms with Crippen molar-refractivity contribution in [1.29, 1.82) is 0 Å². The van der Waals surface area contributed by atoms with E-state index in [4.69, 9.17) is 10.8 Å². The molecule has 1 saturated heterocycles. The number of rotatable bonds is 25. The van der Waals surface area contributed by atoms with E-state index in [0.717, 1.165) is 19.3 Å². The number of carbonyl (C=O) groups excluding carboxylic acids is 2. The van der Waals surface area contributed by atoms with Crippen LogP contribution in [0.15, 0.2) is 0 Å². The number of nitrogens with two attached hydrogens (primary N) is 1. The van der Waals surface area contributed by atoms with Crippen LogP contribution in [0.5, 0.6) is 0 Å². The SMILES string of the molecule is CCCCCCCCCCCCCCCCCCCCC1CC(=O)N(CCCCC(N)C(=O)O)C1=O. The molecule has 0 radical (unpaired) electrons. The molecule has 0 spiro atoms. The molecule has 6 nitrogen and oxygen atoms in total. The summed E-state index contributed by atoms with van der Waals surface area (Å²) in [6.07, 6.45) is 26.9. The molecule has 2 unspecified atom stereocenters. The van der Waals surface area contributed by atoms with Crippen molar-refractivity contribution < 1.29 is 19.5 Å². The average molecular weight is 509 g/mol. The number of carboxylic acids is 1. The standard InChI is InChI=1S/C30H56N2O4/c1-2-3-4-5-6-7-8-9-10-11-12-13-14-15-16-17-18-19-22-26-25-28(33)32(29(26)34)24-21-20-23-27(31)30(35)36/h26-27H,2-25,31H2,1H3,(H,35,36). The molecule has 3 N–H and O–H groups in total. The molecule has 0 aromatic rings. The van der Waals surface area contributed by atoms with Crippen molar-refractivity contribution in [2.75, 3.05) is 6.54 Å². The van der Waals surface area contributed by atoms with E-state index in [1.54, 1.807) is 0 Å². The Hall–Kier alpha value is -1.43. The summed E-state index contributed by atoms with van der Waals surface area (Å²) >= 11 is 0. The van der Waals surface area contributed by atoms with Crippen molar-refractivity contribution in [1.82, 2.24) is 4.90 Å². The summed E-state index contributed by atoms with van der Waals surface area (Å²) in [5.74, 6) is -1.27. The lowest BCUT2D eigenvalue weighted by atomic mass is 9.98. The molecule has 1 rings (SSSR count). The first-order chi connectivity index (χ1) is 17.5. The van der Waals surface area contributed by atoms with Crippen LogP contribution >= 0.6 is 0 Å². The van der Waals surface area contributed by atoms with E-state index < -0.39 is 12.0 Å². The van der Waals surface area contributed by atoms with Crippen LogP contribution in [0, 0.1) is 5.92 Å². The van der Waals surface area contributed by atoms with Crippen molar-refractivity contribution in [2.45, 2.75) is 161 Å². The minimum Gasteiger partial charge on any atom is -0.480 e. The van der Waals surface area contributed by atoms with Gasteiger partial charge in [-0.15, -0.1) is 0 Å². The summed E-state index contributed by atoms with van der Waals surface area (Å²) in [7, 11) is 0. The minimum absolute atomic E-state index is 0.0329. The second-order valence-electron chi connectivity index (χ2n) is 11.0. The van der Waals surface area contributed by atoms with Gasteiger partial charge >= 0.3 is 5.97 Å². The van der Waals surface area contributed by atoms with Gasteiger partial charge in [0.1, 0.15) is 6.04 Å². The van der Waals surface area contributed by atoms with Crippen LogP contribution in [0.2, 0.25) is 0 Å². The lowest BCUT2D eigenvalue weighted by molar-refractivity contribution is -0.140. The zero-order valence-corrected chi connectivity index (χ0v) is 23.3. The van der Waals surface area contributed by atoms with Crippen LogP contribution < -0.4 is 5.73 Å². The Morgan fingerprint density at radius 3 is 1.67 bits per heavy atom. The fourth-order valence-corrected chi connectivity index (χ4v) is 5.26. The van der Waals surface area contributed by atoms with Crippen LogP contribution in [0.3, 0.4) is 0 Å². The van der Waals surface area contributed by atoms with Gasteiger partial charge in [-0.1, -0.05) is 122 Å². The van der Waals surface area contributed by atoms with E-state index in [-0.39, 0.29) is 17.7 Å². The Bertz CT molecular complexity index is 595. The Morgan fingerprint density at radius 2 is 1.22 bits per heavy atom. The smallest absolute Gasteiger partial charge is 0.320 e. The maximum atomic E-state index is 12.6. The first-order valence-electron chi connectivity index (χ1n) is 15.3. The summed E-state index contributed by atoms with van der Waals surface area (Å²) < 4.78 is 0. The number of amides is 2. The number of hydrogen-bond acceptors (Lipinski definition) is 4. The molecule has 2 atom stereocenters. The number of hydrogen-bond donors (Lipinski definition) is 2. The van der Waals surface area contributed by atoms with Gasteiger partial charge < -0.3 is 10.8 Å². The average Bonchev–Trinajstić information content (AvgIpc) is 3.13. The van der Waals surface area contributed by atoms with Crippen LogP contribution in [-0.4, -0.2) is 40.4 Å². The number of aliphatic carboxylic acids is 1. The molecular formula is C30H56N2O4. The molecule has 36 heavy (non-hydrogen) atoms. The van der Waals surface area contributed by atoms with Crippen molar-refractivity contribution in [3.05, 3.63) is 0 Å². The van der Waals surface area contributed by atoms with Crippen molar-refractivity contribution >= 4 is 17.8 Å². The predicted octanol–water partition coefficient (Wildman–Crippen LogP) is 7.38. The quantitative estimate of drug-likeness (QED) is 0.0990. The summed E-state index contributed by atoms with van der Waals surface area (Å²) in [4.78, 5) is 36.9. The first-order valence-corrected chi connectivity index (χ1v) is 15.3. The Balaban J connectivity index is 1.90. The highest BCUT2D eigenvalue weighted by molar-refractivity contribution is 6.03. The zero-order valence-electron chi connectivity index (χ0n) is 23.3. The highest BCUT2D eigenvalue weighted by Crippen LogP contribution is 2.26. The lowest BCUT2D eigenvalue weighted by Crippen LogP contribution is -2.33. The van der Waals surface area contributed by atoms with E-state index in [1.807, 2.05) is 0 Å². The van der Waals surface area contributed by atoms with Gasteiger partial charge in [0.25, 0.3) is 0 Å². The molecule has 0 aromatic heterocycles. The second kappa shape index (κ2) is 21.6. The summed E-state index contributed by atoms with van der Waals surface area (Å²) in [5, 5.41) is 8.82. The van der Waals surface area contributed by atoms with Gasteiger partial charge in [0, 0.05) is 18.9 Å². The largest absolute Gasteiger partial charge is 0.480 e. The topological polar surface area (TPSA) is 101 Å². The van der Waals surface area contributed by atoms with Gasteiger partial charge in [-0.2, -0.15) is 0 Å². The number of carboxylic acid groups (broad SMARTS) is 1. The highest BCUT2D eigenvalue weighted by Gasteiger charge is 2.37. The molecule has 0 saturated carbocycles. The van der Waals surface area contributed by atoms with Gasteiger partial charge in [0.2, 0.25) is 11.8 Å². The van der Waals surface area contributed by atoms with Gasteiger partial charge in [-0.05, 0) is 25.7 Å². The predicted molar refractivity (Wildman–Crippen MR) is 148 cm³/mol. The fraction of sp³-hybridized carbons (Fsp3) is 0.900. The third-order valence-corrected chi connectivity index (χ3v) is 7.71. The van der Waals surface area contributed by atoms with Crippen LogP contribution in [0.1, 0.15) is 155 Å². The maximum Gasteiger partial charge on any atom is 0.320 e. The van der Waals surface area contributed by atoms with Gasteiger partial charge in [-0.25, -0.2) is 0 Å². The molecule has 1 aliphatic rings. The van der Waals surface area contributed by atoms with Gasteiger partial charge in [0.15, 0.2) is 0 Å². The van der Waals surface area contributed by atoms with Crippen molar-refractivity contribution in [3.63, 3.8) is 0 Å². The van der Waals surface area contributed by atoms with E-state index in [0.29, 0.717) is 32.2 Å². The summed E-state index contributed by atoms with van der Waals surface area (Å²) in [6, 6.07) is -0.868. The normalized spacial score (nSPS) is 16.7. The Kier molecular flexibility index (Phi) is 19.6. The minimum atomic E-state index is -1.01. The monoisotopic (exact) mass is 508 g/mol. The molecule has 0 aromatic carbocycles. The number of imide groups is 1. The molecule has 1 heterocycles. The summed E-state index contributed by atoms with van der Waals surface area (Å²) in [6.45, 7) is 2.66. The molecule has 0 aliphatic carbocycles. The Morgan fingerprint density at radius 1 is 0.778 bits per heavy atom.